The highest BCUT2D eigenvalue weighted by Crippen LogP contribution is 2.57. The Labute approximate surface area is 459 Å². The largest absolute Gasteiger partial charge is 0.490 e. The number of likely N-dealkylation sites (N-methyl/N-ethyl adjacent to an activating group) is 2. The molecule has 14 rings (SSSR count). The topological polar surface area (TPSA) is 43.6 Å². The molecule has 7 heteroatoms. The molecule has 8 aromatic carbocycles. The van der Waals surface area contributed by atoms with E-state index in [1.165, 1.54) is 99.7 Å². The van der Waals surface area contributed by atoms with Gasteiger partial charge < -0.3 is 24.2 Å². The van der Waals surface area contributed by atoms with Crippen LogP contribution < -0.4 is 19.4 Å². The first-order valence-corrected chi connectivity index (χ1v) is 28.4. The lowest BCUT2D eigenvalue weighted by molar-refractivity contribution is -0.401. The Bertz CT molecular complexity index is 4060. The van der Waals surface area contributed by atoms with E-state index in [-0.39, 0.29) is 16.9 Å². The fourth-order valence-electron chi connectivity index (χ4n) is 15.1. The molecule has 7 nitrogen and oxygen atoms in total. The summed E-state index contributed by atoms with van der Waals surface area (Å²) in [4.78, 5) is 12.6. The lowest BCUT2D eigenvalue weighted by Crippen LogP contribution is -2.61. The van der Waals surface area contributed by atoms with E-state index in [0.29, 0.717) is 0 Å². The third-order valence-electron chi connectivity index (χ3n) is 19.1. The van der Waals surface area contributed by atoms with Crippen LogP contribution in [0.5, 0.6) is 5.75 Å². The van der Waals surface area contributed by atoms with Gasteiger partial charge in [0.15, 0.2) is 11.5 Å². The smallest absolute Gasteiger partial charge is 0.228 e. The Kier molecular flexibility index (Phi) is 10.9. The molecule has 1 saturated heterocycles. The van der Waals surface area contributed by atoms with E-state index in [1.54, 1.807) is 0 Å². The molecule has 5 heterocycles. The van der Waals surface area contributed by atoms with Crippen LogP contribution in [0.15, 0.2) is 191 Å². The van der Waals surface area contributed by atoms with Gasteiger partial charge in [-0.2, -0.15) is 4.58 Å². The van der Waals surface area contributed by atoms with E-state index >= 15 is 0 Å². The molecule has 0 aromatic heterocycles. The first kappa shape index (κ1) is 48.5. The lowest BCUT2D eigenvalue weighted by atomic mass is 9.76. The summed E-state index contributed by atoms with van der Waals surface area (Å²) < 4.78 is 17.4. The maximum absolute atomic E-state index is 7.52. The van der Waals surface area contributed by atoms with E-state index < -0.39 is 11.1 Å². The molecule has 5 aliphatic heterocycles. The van der Waals surface area contributed by atoms with Crippen LogP contribution in [-0.2, 0) is 21.0 Å². The summed E-state index contributed by atoms with van der Waals surface area (Å²) in [6.07, 6.45) is 16.5. The summed E-state index contributed by atoms with van der Waals surface area (Å²) in [5, 5.41) is 10.0. The van der Waals surface area contributed by atoms with Crippen LogP contribution in [-0.4, -0.2) is 62.6 Å². The van der Waals surface area contributed by atoms with Crippen molar-refractivity contribution in [1.29, 1.82) is 0 Å². The number of hydrogen-bond acceptors (Lipinski definition) is 6. The van der Waals surface area contributed by atoms with Crippen molar-refractivity contribution in [1.82, 2.24) is 0 Å². The maximum atomic E-state index is 7.52. The van der Waals surface area contributed by atoms with Crippen molar-refractivity contribution in [3.63, 3.8) is 0 Å². The summed E-state index contributed by atoms with van der Waals surface area (Å²) in [7, 11) is 6.63. The van der Waals surface area contributed by atoms with Crippen LogP contribution in [0.25, 0.3) is 43.1 Å². The molecule has 1 fully saturated rings. The van der Waals surface area contributed by atoms with Crippen LogP contribution in [0.4, 0.5) is 28.4 Å². The Morgan fingerprint density at radius 2 is 1.22 bits per heavy atom. The van der Waals surface area contributed by atoms with Gasteiger partial charge in [0, 0.05) is 103 Å². The van der Waals surface area contributed by atoms with Gasteiger partial charge in [-0.25, -0.2) is 0 Å². The minimum atomic E-state index is -0.810. The van der Waals surface area contributed by atoms with Crippen molar-refractivity contribution in [3.05, 3.63) is 203 Å². The summed E-state index contributed by atoms with van der Waals surface area (Å²) in [6.45, 7) is 15.9. The monoisotopic (exact) mass is 1020 g/mol. The van der Waals surface area contributed by atoms with Gasteiger partial charge in [-0.1, -0.05) is 129 Å². The zero-order valence-corrected chi connectivity index (χ0v) is 46.7. The van der Waals surface area contributed by atoms with Crippen molar-refractivity contribution in [2.24, 2.45) is 4.99 Å². The van der Waals surface area contributed by atoms with E-state index in [2.05, 4.69) is 252 Å². The maximum Gasteiger partial charge on any atom is 0.228 e. The summed E-state index contributed by atoms with van der Waals surface area (Å²) in [5.74, 6) is 1.89. The van der Waals surface area contributed by atoms with Gasteiger partial charge in [-0.05, 0) is 132 Å². The Morgan fingerprint density at radius 3 is 1.91 bits per heavy atom. The minimum Gasteiger partial charge on any atom is -0.490 e. The van der Waals surface area contributed by atoms with E-state index in [4.69, 9.17) is 14.5 Å². The fraction of sp³-hybridized carbons (Fsp3) is 0.296. The van der Waals surface area contributed by atoms with Gasteiger partial charge in [-0.3, -0.25) is 4.99 Å². The molecule has 78 heavy (non-hydrogen) atoms. The third-order valence-corrected chi connectivity index (χ3v) is 19.1. The predicted molar refractivity (Wildman–Crippen MR) is 327 cm³/mol. The number of aliphatic imine (C=N–C) groups is 1. The minimum absolute atomic E-state index is 0.0539. The molecular weight excluding hydrogens is 955 g/mol. The van der Waals surface area contributed by atoms with Crippen LogP contribution in [0.1, 0.15) is 90.3 Å². The van der Waals surface area contributed by atoms with Gasteiger partial charge >= 0.3 is 0 Å². The zero-order chi connectivity index (χ0) is 53.5. The van der Waals surface area contributed by atoms with E-state index in [9.17, 15) is 0 Å². The molecule has 0 saturated carbocycles. The first-order valence-electron chi connectivity index (χ1n) is 28.4. The highest BCUT2D eigenvalue weighted by molar-refractivity contribution is 6.09. The second kappa shape index (κ2) is 17.6. The standard InChI is InChI=1S/C71H70N5O2/c1-68(2)61(73(7)56-34-29-45-19-10-13-24-51(45)63(56)68)37-32-48-22-18-23-49(33-38-62-69(3,4)64-52-25-14-11-20-46(52)30-35-57(64)74(62)8)67(48)77-50-39-41-76(42-40-50)59-43-60-66(55-28-17-16-27-54(55)59)72-44-71(78-60)70(5,6)65-53-26-15-12-21-47(53)31-36-58(65)75(71)9/h10-17,19-21,24-38,43-44,50H,18,22-23,39-42H2,1-9H3/q+1. The number of piperidine rings is 1. The summed E-state index contributed by atoms with van der Waals surface area (Å²) in [5.41, 5.74) is 13.5. The summed E-state index contributed by atoms with van der Waals surface area (Å²) >= 11 is 0. The summed E-state index contributed by atoms with van der Waals surface area (Å²) in [6, 6.07) is 51.0. The van der Waals surface area contributed by atoms with E-state index in [0.717, 1.165) is 67.8 Å². The second-order valence-corrected chi connectivity index (χ2v) is 24.4. The normalized spacial score (nSPS) is 22.2. The molecule has 0 bridgehead atoms. The molecule has 1 spiro atoms. The van der Waals surface area contributed by atoms with Crippen LogP contribution in [0, 0.1) is 0 Å². The van der Waals surface area contributed by atoms with Gasteiger partial charge in [0.25, 0.3) is 0 Å². The number of ether oxygens (including phenoxy) is 2. The second-order valence-electron chi connectivity index (χ2n) is 24.4. The van der Waals surface area contributed by atoms with Gasteiger partial charge in [0.1, 0.15) is 24.6 Å². The number of hydrogen-bond donors (Lipinski definition) is 0. The number of anilines is 3. The molecular formula is C71H70N5O2+. The van der Waals surface area contributed by atoms with E-state index in [1.807, 2.05) is 0 Å². The Balaban J connectivity index is 0.796. The number of benzene rings is 8. The van der Waals surface area contributed by atoms with Crippen LogP contribution in [0.2, 0.25) is 0 Å². The molecule has 1 aliphatic carbocycles. The third kappa shape index (κ3) is 7.01. The highest BCUT2D eigenvalue weighted by Gasteiger charge is 2.59. The fourth-order valence-corrected chi connectivity index (χ4v) is 15.1. The number of allylic oxidation sites excluding steroid dienone is 7. The molecule has 6 aliphatic rings. The first-order chi connectivity index (χ1) is 37.7. The van der Waals surface area contributed by atoms with Crippen molar-refractivity contribution in [2.45, 2.75) is 102 Å². The molecule has 0 amide bonds. The quantitative estimate of drug-likeness (QED) is 0.155. The van der Waals surface area contributed by atoms with Gasteiger partial charge in [0.2, 0.25) is 11.4 Å². The van der Waals surface area contributed by atoms with Crippen molar-refractivity contribution in [2.75, 3.05) is 48.9 Å². The number of fused-ring (bicyclic) bond motifs is 12. The molecule has 390 valence electrons. The number of nitrogens with zero attached hydrogens (tertiary/aromatic N) is 5. The number of rotatable bonds is 6. The Hall–Kier alpha value is -7.90. The zero-order valence-electron chi connectivity index (χ0n) is 46.7. The molecule has 1 unspecified atom stereocenters. The molecule has 8 aromatic rings. The molecule has 0 radical (unpaired) electrons. The molecule has 0 N–H and O–H groups in total. The van der Waals surface area contributed by atoms with Crippen molar-refractivity contribution in [3.8, 4) is 5.75 Å². The van der Waals surface area contributed by atoms with Gasteiger partial charge in [0.05, 0.1) is 17.0 Å². The van der Waals surface area contributed by atoms with Crippen LogP contribution in [0.3, 0.4) is 0 Å². The predicted octanol–water partition coefficient (Wildman–Crippen LogP) is 16.4. The van der Waals surface area contributed by atoms with Crippen LogP contribution >= 0.6 is 0 Å². The average molecular weight is 1030 g/mol. The average Bonchev–Trinajstić information content (AvgIpc) is 3.86. The van der Waals surface area contributed by atoms with Gasteiger partial charge in [-0.15, -0.1) is 0 Å². The molecule has 1 atom stereocenters. The van der Waals surface area contributed by atoms with Crippen molar-refractivity contribution >= 4 is 83.5 Å². The van der Waals surface area contributed by atoms with Crippen molar-refractivity contribution < 1.29 is 14.0 Å². The SMILES string of the molecule is CN1/C(=C/C=C2\CCCC(/C=C/C3=[N+](C)c4ccc5ccccc5c4C3(C)C)=C2OC2CCN(c3cc4c(c5ccccc35)N=CC3(O4)N(C)c4ccc5ccccc5c4C3(C)C)CC2)C(C)(C)c2c1ccc1ccccc21. The highest BCUT2D eigenvalue weighted by atomic mass is 16.5. The Morgan fingerprint density at radius 1 is 0.615 bits per heavy atom. The lowest BCUT2D eigenvalue weighted by Gasteiger charge is -2.45.